The van der Waals surface area contributed by atoms with Crippen LogP contribution in [-0.4, -0.2) is 19.0 Å². The molecule has 0 aliphatic carbocycles. The van der Waals surface area contributed by atoms with Crippen LogP contribution in [0.1, 0.15) is 21.5 Å². The van der Waals surface area contributed by atoms with Crippen LogP contribution in [0.25, 0.3) is 0 Å². The van der Waals surface area contributed by atoms with Crippen molar-refractivity contribution < 1.29 is 9.18 Å². The van der Waals surface area contributed by atoms with Gasteiger partial charge in [-0.05, 0) is 25.1 Å². The smallest absolute Gasteiger partial charge is 0.251 e. The Morgan fingerprint density at radius 2 is 1.76 bits per heavy atom. The zero-order chi connectivity index (χ0) is 15.1. The molecule has 0 saturated heterocycles. The highest BCUT2D eigenvalue weighted by Crippen LogP contribution is 2.05. The van der Waals surface area contributed by atoms with Gasteiger partial charge in [0.1, 0.15) is 5.82 Å². The molecular formula is C17H19FN2O. The summed E-state index contributed by atoms with van der Waals surface area (Å²) in [5, 5.41) is 5.93. The molecule has 1 amide bonds. The summed E-state index contributed by atoms with van der Waals surface area (Å²) in [6, 6.07) is 14.1. The predicted molar refractivity (Wildman–Crippen MR) is 81.6 cm³/mol. The molecule has 2 N–H and O–H groups in total. The molecular weight excluding hydrogens is 267 g/mol. The number of hydrogen-bond donors (Lipinski definition) is 2. The van der Waals surface area contributed by atoms with Crippen LogP contribution >= 0.6 is 0 Å². The second kappa shape index (κ2) is 7.55. The molecule has 0 saturated carbocycles. The fourth-order valence-electron chi connectivity index (χ4n) is 1.94. The highest BCUT2D eigenvalue weighted by molar-refractivity contribution is 5.94. The van der Waals surface area contributed by atoms with Gasteiger partial charge in [-0.1, -0.05) is 35.9 Å². The van der Waals surface area contributed by atoms with E-state index in [1.54, 1.807) is 30.3 Å². The first-order valence-corrected chi connectivity index (χ1v) is 6.96. The Hall–Kier alpha value is -2.20. The van der Waals surface area contributed by atoms with Crippen molar-refractivity contribution >= 4 is 5.91 Å². The van der Waals surface area contributed by atoms with Crippen LogP contribution in [0.15, 0.2) is 48.5 Å². The van der Waals surface area contributed by atoms with Gasteiger partial charge in [0, 0.05) is 30.8 Å². The second-order valence-electron chi connectivity index (χ2n) is 4.89. The first-order chi connectivity index (χ1) is 10.2. The van der Waals surface area contributed by atoms with Crippen LogP contribution in [0.3, 0.4) is 0 Å². The molecule has 2 rings (SSSR count). The van der Waals surface area contributed by atoms with Gasteiger partial charge in [-0.3, -0.25) is 4.79 Å². The van der Waals surface area contributed by atoms with Crippen LogP contribution < -0.4 is 10.6 Å². The lowest BCUT2D eigenvalue weighted by atomic mass is 10.1. The van der Waals surface area contributed by atoms with Gasteiger partial charge in [-0.2, -0.15) is 0 Å². The molecule has 110 valence electrons. The molecule has 0 bridgehead atoms. The minimum atomic E-state index is -0.214. The molecule has 4 heteroatoms. The number of hydrogen-bond acceptors (Lipinski definition) is 2. The number of benzene rings is 2. The zero-order valence-corrected chi connectivity index (χ0v) is 12.0. The quantitative estimate of drug-likeness (QED) is 0.802. The van der Waals surface area contributed by atoms with E-state index in [0.717, 1.165) is 5.56 Å². The Morgan fingerprint density at radius 3 is 2.48 bits per heavy atom. The Kier molecular flexibility index (Phi) is 5.46. The summed E-state index contributed by atoms with van der Waals surface area (Å²) in [5.74, 6) is -0.309. The van der Waals surface area contributed by atoms with E-state index < -0.39 is 0 Å². The molecule has 0 unspecified atom stereocenters. The van der Waals surface area contributed by atoms with Crippen LogP contribution in [0, 0.1) is 12.7 Å². The Bertz CT molecular complexity index is 596. The third kappa shape index (κ3) is 4.68. The van der Waals surface area contributed by atoms with E-state index >= 15 is 0 Å². The van der Waals surface area contributed by atoms with Crippen LogP contribution in [-0.2, 0) is 6.54 Å². The van der Waals surface area contributed by atoms with Gasteiger partial charge in [0.2, 0.25) is 0 Å². The van der Waals surface area contributed by atoms with Gasteiger partial charge in [0.15, 0.2) is 0 Å². The van der Waals surface area contributed by atoms with E-state index in [2.05, 4.69) is 10.6 Å². The molecule has 0 aliphatic heterocycles. The van der Waals surface area contributed by atoms with Gasteiger partial charge in [0.05, 0.1) is 0 Å². The van der Waals surface area contributed by atoms with Crippen LogP contribution in [0.2, 0.25) is 0 Å². The summed E-state index contributed by atoms with van der Waals surface area (Å²) in [7, 11) is 0. The number of aryl methyl sites for hydroxylation is 1. The number of carbonyl (C=O) groups is 1. The third-order valence-corrected chi connectivity index (χ3v) is 3.17. The van der Waals surface area contributed by atoms with Crippen molar-refractivity contribution in [2.45, 2.75) is 13.5 Å². The standard InChI is InChI=1S/C17H19FN2O/c1-13-6-8-14(9-7-13)17(21)20-11-10-19-12-15-4-2-3-5-16(15)18/h2-9,19H,10-12H2,1H3,(H,20,21). The molecule has 0 aromatic heterocycles. The van der Waals surface area contributed by atoms with Gasteiger partial charge < -0.3 is 10.6 Å². The van der Waals surface area contributed by atoms with Crippen LogP contribution in [0.5, 0.6) is 0 Å². The van der Waals surface area contributed by atoms with Gasteiger partial charge >= 0.3 is 0 Å². The highest BCUT2D eigenvalue weighted by atomic mass is 19.1. The summed E-state index contributed by atoms with van der Waals surface area (Å²) < 4.78 is 13.4. The molecule has 0 radical (unpaired) electrons. The average molecular weight is 286 g/mol. The molecule has 2 aromatic rings. The maximum atomic E-state index is 13.4. The van der Waals surface area contributed by atoms with E-state index in [9.17, 15) is 9.18 Å². The Morgan fingerprint density at radius 1 is 1.05 bits per heavy atom. The summed E-state index contributed by atoms with van der Waals surface area (Å²) >= 11 is 0. The average Bonchev–Trinajstić information content (AvgIpc) is 2.49. The lowest BCUT2D eigenvalue weighted by Crippen LogP contribution is -2.31. The molecule has 0 fully saturated rings. The molecule has 0 spiro atoms. The zero-order valence-electron chi connectivity index (χ0n) is 12.0. The maximum Gasteiger partial charge on any atom is 0.251 e. The Balaban J connectivity index is 1.69. The van der Waals surface area contributed by atoms with Crippen molar-refractivity contribution in [1.82, 2.24) is 10.6 Å². The largest absolute Gasteiger partial charge is 0.351 e. The molecule has 21 heavy (non-hydrogen) atoms. The van der Waals surface area contributed by atoms with E-state index in [0.29, 0.717) is 30.8 Å². The van der Waals surface area contributed by atoms with E-state index in [4.69, 9.17) is 0 Å². The fourth-order valence-corrected chi connectivity index (χ4v) is 1.94. The SMILES string of the molecule is Cc1ccc(C(=O)NCCNCc2ccccc2F)cc1. The lowest BCUT2D eigenvalue weighted by Gasteiger charge is -2.08. The monoisotopic (exact) mass is 286 g/mol. The van der Waals surface area contributed by atoms with Crippen molar-refractivity contribution in [1.29, 1.82) is 0 Å². The third-order valence-electron chi connectivity index (χ3n) is 3.17. The molecule has 0 heterocycles. The summed E-state index contributed by atoms with van der Waals surface area (Å²) in [5.41, 5.74) is 2.40. The molecule has 3 nitrogen and oxygen atoms in total. The van der Waals surface area contributed by atoms with Crippen molar-refractivity contribution in [2.24, 2.45) is 0 Å². The van der Waals surface area contributed by atoms with E-state index in [-0.39, 0.29) is 11.7 Å². The van der Waals surface area contributed by atoms with Crippen molar-refractivity contribution in [3.8, 4) is 0 Å². The number of amides is 1. The second-order valence-corrected chi connectivity index (χ2v) is 4.89. The fraction of sp³-hybridized carbons (Fsp3) is 0.235. The highest BCUT2D eigenvalue weighted by Gasteiger charge is 2.04. The number of nitrogens with one attached hydrogen (secondary N) is 2. The lowest BCUT2D eigenvalue weighted by molar-refractivity contribution is 0.0954. The van der Waals surface area contributed by atoms with Crippen LogP contribution in [0.4, 0.5) is 4.39 Å². The number of rotatable bonds is 6. The van der Waals surface area contributed by atoms with E-state index in [1.807, 2.05) is 19.1 Å². The summed E-state index contributed by atoms with van der Waals surface area (Å²) in [6.07, 6.45) is 0. The molecule has 2 aromatic carbocycles. The summed E-state index contributed by atoms with van der Waals surface area (Å²) in [6.45, 7) is 3.52. The van der Waals surface area contributed by atoms with Crippen molar-refractivity contribution in [3.05, 3.63) is 71.0 Å². The number of carbonyl (C=O) groups excluding carboxylic acids is 1. The number of halogens is 1. The predicted octanol–water partition coefficient (Wildman–Crippen LogP) is 2.65. The van der Waals surface area contributed by atoms with Gasteiger partial charge in [-0.25, -0.2) is 4.39 Å². The van der Waals surface area contributed by atoms with Gasteiger partial charge in [-0.15, -0.1) is 0 Å². The molecule has 0 aliphatic rings. The first-order valence-electron chi connectivity index (χ1n) is 6.96. The summed E-state index contributed by atoms with van der Waals surface area (Å²) in [4.78, 5) is 11.8. The van der Waals surface area contributed by atoms with Crippen molar-refractivity contribution in [3.63, 3.8) is 0 Å². The van der Waals surface area contributed by atoms with E-state index in [1.165, 1.54) is 6.07 Å². The topological polar surface area (TPSA) is 41.1 Å². The Labute approximate surface area is 124 Å². The minimum Gasteiger partial charge on any atom is -0.351 e. The van der Waals surface area contributed by atoms with Gasteiger partial charge in [0.25, 0.3) is 5.91 Å². The minimum absolute atomic E-state index is 0.0947. The normalized spacial score (nSPS) is 10.4. The maximum absolute atomic E-state index is 13.4. The van der Waals surface area contributed by atoms with Crippen molar-refractivity contribution in [2.75, 3.05) is 13.1 Å². The molecule has 0 atom stereocenters. The first kappa shape index (κ1) is 15.2.